The number of hydrogen-bond donors (Lipinski definition) is 1. The number of benzene rings is 1. The van der Waals surface area contributed by atoms with E-state index in [1.54, 1.807) is 24.3 Å². The highest BCUT2D eigenvalue weighted by Crippen LogP contribution is 2.27. The number of carbonyl (C=O) groups is 1. The Morgan fingerprint density at radius 2 is 2.13 bits per heavy atom. The summed E-state index contributed by atoms with van der Waals surface area (Å²) in [7, 11) is 1.36. The average Bonchev–Trinajstić information content (AvgIpc) is 2.21. The molecular weight excluding hydrogens is 196 g/mol. The van der Waals surface area contributed by atoms with E-state index in [-0.39, 0.29) is 0 Å². The Morgan fingerprint density at radius 3 is 2.67 bits per heavy atom. The van der Waals surface area contributed by atoms with Crippen LogP contribution in [-0.4, -0.2) is 24.8 Å². The maximum Gasteiger partial charge on any atom is 0.337 e. The van der Waals surface area contributed by atoms with Crippen LogP contribution in [0.4, 0.5) is 0 Å². The summed E-state index contributed by atoms with van der Waals surface area (Å²) in [6, 6.07) is 6.97. The normalized spacial score (nSPS) is 12.1. The molecule has 0 spiro atoms. The van der Waals surface area contributed by atoms with Gasteiger partial charge in [0.2, 0.25) is 0 Å². The zero-order valence-electron chi connectivity index (χ0n) is 8.77. The number of aliphatic carboxylic acids is 1. The van der Waals surface area contributed by atoms with Crippen molar-refractivity contribution in [2.45, 2.75) is 13.0 Å². The first-order valence-electron chi connectivity index (χ1n) is 4.68. The topological polar surface area (TPSA) is 55.8 Å². The highest BCUT2D eigenvalue weighted by molar-refractivity contribution is 5.75. The van der Waals surface area contributed by atoms with Crippen molar-refractivity contribution in [3.05, 3.63) is 29.8 Å². The van der Waals surface area contributed by atoms with Crippen LogP contribution in [0, 0.1) is 0 Å². The predicted octanol–water partition coefficient (Wildman–Crippen LogP) is 1.86. The molecule has 0 amide bonds. The molecule has 0 aliphatic rings. The molecule has 4 nitrogen and oxygen atoms in total. The fraction of sp³-hybridized carbons (Fsp3) is 0.364. The number of carboxylic acid groups (broad SMARTS) is 1. The van der Waals surface area contributed by atoms with Gasteiger partial charge in [-0.15, -0.1) is 0 Å². The molecule has 1 atom stereocenters. The number of rotatable bonds is 5. The molecule has 1 aromatic carbocycles. The fourth-order valence-electron chi connectivity index (χ4n) is 1.34. The zero-order valence-corrected chi connectivity index (χ0v) is 8.77. The Labute approximate surface area is 88.4 Å². The van der Waals surface area contributed by atoms with Gasteiger partial charge >= 0.3 is 5.97 Å². The molecule has 4 heteroatoms. The minimum atomic E-state index is -1.02. The van der Waals surface area contributed by atoms with E-state index in [4.69, 9.17) is 14.6 Å². The second-order valence-electron chi connectivity index (χ2n) is 2.92. The molecule has 1 rings (SSSR count). The maximum atomic E-state index is 10.9. The van der Waals surface area contributed by atoms with E-state index in [0.717, 1.165) is 0 Å². The second-order valence-corrected chi connectivity index (χ2v) is 2.92. The molecule has 15 heavy (non-hydrogen) atoms. The quantitative estimate of drug-likeness (QED) is 0.805. The lowest BCUT2D eigenvalue weighted by atomic mass is 10.1. The summed E-state index contributed by atoms with van der Waals surface area (Å²) in [5, 5.41) is 8.94. The van der Waals surface area contributed by atoms with Gasteiger partial charge in [-0.05, 0) is 13.0 Å². The van der Waals surface area contributed by atoms with Crippen molar-refractivity contribution in [1.29, 1.82) is 0 Å². The number of hydrogen-bond acceptors (Lipinski definition) is 3. The van der Waals surface area contributed by atoms with Gasteiger partial charge in [0.05, 0.1) is 6.61 Å². The Balaban J connectivity index is 3.04. The van der Waals surface area contributed by atoms with E-state index in [2.05, 4.69) is 0 Å². The molecular formula is C11H14O4. The molecule has 0 aliphatic carbocycles. The molecule has 82 valence electrons. The first-order valence-corrected chi connectivity index (χ1v) is 4.68. The standard InChI is InChI=1S/C11H14O4/c1-3-15-9-7-5-4-6-8(9)10(14-2)11(12)13/h4-7,10H,3H2,1-2H3,(H,12,13). The number of methoxy groups -OCH3 is 1. The van der Waals surface area contributed by atoms with Crippen molar-refractivity contribution in [1.82, 2.24) is 0 Å². The van der Waals surface area contributed by atoms with Crippen LogP contribution in [0.25, 0.3) is 0 Å². The number of carboxylic acids is 1. The molecule has 0 heterocycles. The van der Waals surface area contributed by atoms with E-state index in [0.29, 0.717) is 17.9 Å². The third kappa shape index (κ3) is 2.70. The first-order chi connectivity index (χ1) is 7.20. The molecule has 0 aliphatic heterocycles. The van der Waals surface area contributed by atoms with Crippen LogP contribution in [0.5, 0.6) is 5.75 Å². The summed E-state index contributed by atoms with van der Waals surface area (Å²) in [4.78, 5) is 10.9. The van der Waals surface area contributed by atoms with Crippen molar-refractivity contribution < 1.29 is 19.4 Å². The second kappa shape index (κ2) is 5.36. The van der Waals surface area contributed by atoms with Crippen molar-refractivity contribution in [2.24, 2.45) is 0 Å². The van der Waals surface area contributed by atoms with Crippen molar-refractivity contribution in [3.8, 4) is 5.75 Å². The van der Waals surface area contributed by atoms with Gasteiger partial charge in [0.25, 0.3) is 0 Å². The smallest absolute Gasteiger partial charge is 0.337 e. The van der Waals surface area contributed by atoms with Crippen molar-refractivity contribution in [2.75, 3.05) is 13.7 Å². The van der Waals surface area contributed by atoms with Gasteiger partial charge in [-0.2, -0.15) is 0 Å². The average molecular weight is 210 g/mol. The van der Waals surface area contributed by atoms with Crippen molar-refractivity contribution in [3.63, 3.8) is 0 Å². The van der Waals surface area contributed by atoms with Crippen LogP contribution in [0.2, 0.25) is 0 Å². The Morgan fingerprint density at radius 1 is 1.47 bits per heavy atom. The lowest BCUT2D eigenvalue weighted by Crippen LogP contribution is -2.14. The maximum absolute atomic E-state index is 10.9. The molecule has 1 N–H and O–H groups in total. The molecule has 0 bridgehead atoms. The molecule has 1 aromatic rings. The van der Waals surface area contributed by atoms with E-state index in [1.165, 1.54) is 7.11 Å². The summed E-state index contributed by atoms with van der Waals surface area (Å²) in [6.45, 7) is 2.34. The van der Waals surface area contributed by atoms with Crippen LogP contribution < -0.4 is 4.74 Å². The zero-order chi connectivity index (χ0) is 11.3. The van der Waals surface area contributed by atoms with Crippen LogP contribution in [-0.2, 0) is 9.53 Å². The summed E-state index contributed by atoms with van der Waals surface area (Å²) >= 11 is 0. The molecule has 0 radical (unpaired) electrons. The molecule has 0 saturated carbocycles. The third-order valence-electron chi connectivity index (χ3n) is 1.96. The summed E-state index contributed by atoms with van der Waals surface area (Å²) in [5.74, 6) is -0.473. The van der Waals surface area contributed by atoms with E-state index in [1.807, 2.05) is 6.92 Å². The van der Waals surface area contributed by atoms with Gasteiger partial charge in [-0.3, -0.25) is 0 Å². The number of ether oxygens (including phenoxy) is 2. The van der Waals surface area contributed by atoms with Gasteiger partial charge in [-0.1, -0.05) is 18.2 Å². The minimum absolute atomic E-state index is 0.493. The molecule has 1 unspecified atom stereocenters. The SMILES string of the molecule is CCOc1ccccc1C(OC)C(=O)O. The lowest BCUT2D eigenvalue weighted by Gasteiger charge is -2.15. The predicted molar refractivity (Wildman–Crippen MR) is 55.0 cm³/mol. The van der Waals surface area contributed by atoms with Gasteiger partial charge in [0, 0.05) is 12.7 Å². The number of para-hydroxylation sites is 1. The highest BCUT2D eigenvalue weighted by atomic mass is 16.5. The fourth-order valence-corrected chi connectivity index (χ4v) is 1.34. The molecule has 0 saturated heterocycles. The minimum Gasteiger partial charge on any atom is -0.493 e. The third-order valence-corrected chi connectivity index (χ3v) is 1.96. The van der Waals surface area contributed by atoms with E-state index >= 15 is 0 Å². The monoisotopic (exact) mass is 210 g/mol. The van der Waals surface area contributed by atoms with Gasteiger partial charge in [0.15, 0.2) is 6.10 Å². The van der Waals surface area contributed by atoms with Gasteiger partial charge in [0.1, 0.15) is 5.75 Å². The van der Waals surface area contributed by atoms with Gasteiger partial charge in [-0.25, -0.2) is 4.79 Å². The molecule has 0 fully saturated rings. The summed E-state index contributed by atoms with van der Waals surface area (Å²) in [5.41, 5.74) is 0.536. The summed E-state index contributed by atoms with van der Waals surface area (Å²) < 4.78 is 10.2. The van der Waals surface area contributed by atoms with Crippen LogP contribution in [0.15, 0.2) is 24.3 Å². The Hall–Kier alpha value is -1.55. The largest absolute Gasteiger partial charge is 0.493 e. The van der Waals surface area contributed by atoms with Crippen molar-refractivity contribution >= 4 is 5.97 Å². The Kier molecular flexibility index (Phi) is 4.12. The van der Waals surface area contributed by atoms with Gasteiger partial charge < -0.3 is 14.6 Å². The molecule has 0 aromatic heterocycles. The Bertz CT molecular complexity index is 335. The van der Waals surface area contributed by atoms with E-state index < -0.39 is 12.1 Å². The van der Waals surface area contributed by atoms with Crippen LogP contribution >= 0.6 is 0 Å². The highest BCUT2D eigenvalue weighted by Gasteiger charge is 2.22. The van der Waals surface area contributed by atoms with E-state index in [9.17, 15) is 4.79 Å². The van der Waals surface area contributed by atoms with Crippen LogP contribution in [0.1, 0.15) is 18.6 Å². The van der Waals surface area contributed by atoms with Crippen LogP contribution in [0.3, 0.4) is 0 Å². The lowest BCUT2D eigenvalue weighted by molar-refractivity contribution is -0.149. The summed E-state index contributed by atoms with van der Waals surface area (Å²) in [6.07, 6.45) is -0.979. The first kappa shape index (κ1) is 11.5.